The summed E-state index contributed by atoms with van der Waals surface area (Å²) in [5.74, 6) is 1.17. The molecule has 0 bridgehead atoms. The van der Waals surface area contributed by atoms with E-state index in [1.54, 1.807) is 6.20 Å². The van der Waals surface area contributed by atoms with Gasteiger partial charge in [0.2, 0.25) is 5.91 Å². The lowest BCUT2D eigenvalue weighted by atomic mass is 10.0. The van der Waals surface area contributed by atoms with Gasteiger partial charge in [-0.15, -0.1) is 0 Å². The van der Waals surface area contributed by atoms with Crippen molar-refractivity contribution in [2.75, 3.05) is 37.6 Å². The molecule has 3 aliphatic heterocycles. The van der Waals surface area contributed by atoms with Crippen molar-refractivity contribution in [3.05, 3.63) is 18.1 Å². The van der Waals surface area contributed by atoms with E-state index in [0.717, 1.165) is 39.0 Å². The normalized spacial score (nSPS) is 27.2. The highest BCUT2D eigenvalue weighted by Crippen LogP contribution is 2.30. The summed E-state index contributed by atoms with van der Waals surface area (Å²) in [6.45, 7) is 3.79. The highest BCUT2D eigenvalue weighted by molar-refractivity contribution is 5.92. The first-order chi connectivity index (χ1) is 10.7. The zero-order valence-electron chi connectivity index (χ0n) is 12.4. The third kappa shape index (κ3) is 2.20. The summed E-state index contributed by atoms with van der Waals surface area (Å²) in [5.41, 5.74) is 0.404. The van der Waals surface area contributed by atoms with E-state index in [4.69, 9.17) is 0 Å². The van der Waals surface area contributed by atoms with E-state index >= 15 is 0 Å². The zero-order valence-corrected chi connectivity index (χ0v) is 12.4. The van der Waals surface area contributed by atoms with Crippen LogP contribution in [0, 0.1) is 11.8 Å². The number of rotatable bonds is 2. The van der Waals surface area contributed by atoms with Crippen LogP contribution in [0.2, 0.25) is 0 Å². The van der Waals surface area contributed by atoms with Crippen LogP contribution in [0.25, 0.3) is 0 Å². The van der Waals surface area contributed by atoms with Crippen molar-refractivity contribution in [1.82, 2.24) is 20.2 Å². The van der Waals surface area contributed by atoms with Gasteiger partial charge in [0.1, 0.15) is 11.5 Å². The highest BCUT2D eigenvalue weighted by Gasteiger charge is 2.42. The average molecular weight is 301 g/mol. The molecule has 4 rings (SSSR count). The van der Waals surface area contributed by atoms with Gasteiger partial charge in [0, 0.05) is 38.6 Å². The highest BCUT2D eigenvalue weighted by atomic mass is 16.2. The number of anilines is 1. The Labute approximate surface area is 128 Å². The molecule has 2 amide bonds. The van der Waals surface area contributed by atoms with E-state index in [0.29, 0.717) is 24.0 Å². The first-order valence-electron chi connectivity index (χ1n) is 7.86. The fourth-order valence-electron chi connectivity index (χ4n) is 3.62. The fourth-order valence-corrected chi connectivity index (χ4v) is 3.62. The maximum Gasteiger partial charge on any atom is 0.274 e. The standard InChI is InChI=1S/C15H19N5O2/c21-14-11-9-20(8-10(11)5-17-14)13-7-16-6-12(18-13)15(22)19-3-1-2-4-19/h6-7,10-11H,1-5,8-9H2,(H,17,21)/t10-,11+/m0/s1. The Balaban J connectivity index is 1.52. The molecule has 116 valence electrons. The van der Waals surface area contributed by atoms with E-state index in [1.165, 1.54) is 6.20 Å². The van der Waals surface area contributed by atoms with Crippen molar-refractivity contribution >= 4 is 17.6 Å². The van der Waals surface area contributed by atoms with Crippen LogP contribution in [-0.2, 0) is 4.79 Å². The number of hydrogen-bond donors (Lipinski definition) is 1. The van der Waals surface area contributed by atoms with Gasteiger partial charge in [0.15, 0.2) is 0 Å². The Hall–Kier alpha value is -2.18. The maximum atomic E-state index is 12.4. The van der Waals surface area contributed by atoms with E-state index in [1.807, 2.05) is 4.90 Å². The lowest BCUT2D eigenvalue weighted by Gasteiger charge is -2.19. The van der Waals surface area contributed by atoms with Gasteiger partial charge < -0.3 is 15.1 Å². The molecule has 0 unspecified atom stereocenters. The van der Waals surface area contributed by atoms with E-state index in [2.05, 4.69) is 20.2 Å². The number of likely N-dealkylation sites (tertiary alicyclic amines) is 1. The minimum absolute atomic E-state index is 0.0380. The van der Waals surface area contributed by atoms with E-state index in [-0.39, 0.29) is 17.7 Å². The molecule has 1 N–H and O–H groups in total. The lowest BCUT2D eigenvalue weighted by molar-refractivity contribution is -0.122. The molecule has 1 aromatic rings. The van der Waals surface area contributed by atoms with Gasteiger partial charge >= 0.3 is 0 Å². The Morgan fingerprint density at radius 1 is 1.23 bits per heavy atom. The van der Waals surface area contributed by atoms with Crippen molar-refractivity contribution < 1.29 is 9.59 Å². The van der Waals surface area contributed by atoms with Crippen LogP contribution < -0.4 is 10.2 Å². The van der Waals surface area contributed by atoms with Crippen molar-refractivity contribution in [2.24, 2.45) is 11.8 Å². The van der Waals surface area contributed by atoms with Crippen LogP contribution >= 0.6 is 0 Å². The van der Waals surface area contributed by atoms with Crippen molar-refractivity contribution in [1.29, 1.82) is 0 Å². The Bertz CT molecular complexity index is 614. The Morgan fingerprint density at radius 2 is 2.05 bits per heavy atom. The molecule has 0 aliphatic carbocycles. The SMILES string of the molecule is O=C1NC[C@H]2CN(c3cncc(C(=O)N4CCCC4)n3)C[C@@H]12. The predicted octanol–water partition coefficient (Wildman–Crippen LogP) is -0.105. The minimum Gasteiger partial charge on any atom is -0.355 e. The van der Waals surface area contributed by atoms with Crippen molar-refractivity contribution in [3.63, 3.8) is 0 Å². The topological polar surface area (TPSA) is 78.4 Å². The molecule has 0 spiro atoms. The number of aromatic nitrogens is 2. The zero-order chi connectivity index (χ0) is 15.1. The smallest absolute Gasteiger partial charge is 0.274 e. The Kier molecular flexibility index (Phi) is 3.20. The van der Waals surface area contributed by atoms with Gasteiger partial charge in [-0.2, -0.15) is 0 Å². The van der Waals surface area contributed by atoms with Gasteiger partial charge in [0.25, 0.3) is 5.91 Å². The second kappa shape index (κ2) is 5.23. The first-order valence-corrected chi connectivity index (χ1v) is 7.86. The number of nitrogens with zero attached hydrogens (tertiary/aromatic N) is 4. The summed E-state index contributed by atoms with van der Waals surface area (Å²) < 4.78 is 0. The summed E-state index contributed by atoms with van der Waals surface area (Å²) in [7, 11) is 0. The van der Waals surface area contributed by atoms with Gasteiger partial charge in [-0.05, 0) is 12.8 Å². The van der Waals surface area contributed by atoms with Gasteiger partial charge in [-0.1, -0.05) is 0 Å². The maximum absolute atomic E-state index is 12.4. The quantitative estimate of drug-likeness (QED) is 0.825. The van der Waals surface area contributed by atoms with Gasteiger partial charge in [0.05, 0.1) is 18.3 Å². The lowest BCUT2D eigenvalue weighted by Crippen LogP contribution is -2.31. The number of carbonyl (C=O) groups excluding carboxylic acids is 2. The molecule has 4 heterocycles. The summed E-state index contributed by atoms with van der Waals surface area (Å²) in [6.07, 6.45) is 5.33. The molecule has 3 aliphatic rings. The monoisotopic (exact) mass is 301 g/mol. The molecule has 3 saturated heterocycles. The average Bonchev–Trinajstić information content (AvgIpc) is 3.25. The molecule has 1 aromatic heterocycles. The molecule has 0 radical (unpaired) electrons. The van der Waals surface area contributed by atoms with Gasteiger partial charge in [-0.25, -0.2) is 4.98 Å². The van der Waals surface area contributed by atoms with Crippen molar-refractivity contribution in [3.8, 4) is 0 Å². The number of carbonyl (C=O) groups is 2. The minimum atomic E-state index is -0.0380. The third-order valence-electron chi connectivity index (χ3n) is 4.87. The number of amides is 2. The van der Waals surface area contributed by atoms with Crippen LogP contribution in [0.4, 0.5) is 5.82 Å². The number of hydrogen-bond acceptors (Lipinski definition) is 5. The fraction of sp³-hybridized carbons (Fsp3) is 0.600. The molecule has 0 saturated carbocycles. The molecule has 7 nitrogen and oxygen atoms in total. The van der Waals surface area contributed by atoms with Gasteiger partial charge in [-0.3, -0.25) is 14.6 Å². The van der Waals surface area contributed by atoms with Crippen LogP contribution in [0.15, 0.2) is 12.4 Å². The van der Waals surface area contributed by atoms with Crippen LogP contribution in [0.1, 0.15) is 23.3 Å². The second-order valence-corrected chi connectivity index (χ2v) is 6.28. The number of fused-ring (bicyclic) bond motifs is 1. The van der Waals surface area contributed by atoms with E-state index < -0.39 is 0 Å². The molecule has 0 aromatic carbocycles. The number of nitrogens with one attached hydrogen (secondary N) is 1. The van der Waals surface area contributed by atoms with Crippen molar-refractivity contribution in [2.45, 2.75) is 12.8 Å². The molecule has 7 heteroatoms. The predicted molar refractivity (Wildman–Crippen MR) is 79.4 cm³/mol. The molecule has 22 heavy (non-hydrogen) atoms. The largest absolute Gasteiger partial charge is 0.355 e. The Morgan fingerprint density at radius 3 is 2.82 bits per heavy atom. The summed E-state index contributed by atoms with van der Waals surface area (Å²) in [5, 5.41) is 2.90. The summed E-state index contributed by atoms with van der Waals surface area (Å²) >= 11 is 0. The first kappa shape index (κ1) is 13.5. The molecule has 2 atom stereocenters. The van der Waals surface area contributed by atoms with Crippen LogP contribution in [0.5, 0.6) is 0 Å². The van der Waals surface area contributed by atoms with Crippen LogP contribution in [0.3, 0.4) is 0 Å². The molecular formula is C15H19N5O2. The van der Waals surface area contributed by atoms with E-state index in [9.17, 15) is 9.59 Å². The summed E-state index contributed by atoms with van der Waals surface area (Å²) in [6, 6.07) is 0. The molecular weight excluding hydrogens is 282 g/mol. The second-order valence-electron chi connectivity index (χ2n) is 6.28. The summed E-state index contributed by atoms with van der Waals surface area (Å²) in [4.78, 5) is 36.7. The van der Waals surface area contributed by atoms with Crippen LogP contribution in [-0.4, -0.2) is 59.4 Å². The molecule has 3 fully saturated rings. The third-order valence-corrected chi connectivity index (χ3v) is 4.87.